The summed E-state index contributed by atoms with van der Waals surface area (Å²) >= 11 is 0. The summed E-state index contributed by atoms with van der Waals surface area (Å²) in [6, 6.07) is 8.64. The molecule has 1 fully saturated rings. The van der Waals surface area contributed by atoms with Gasteiger partial charge in [0.25, 0.3) is 5.56 Å². The van der Waals surface area contributed by atoms with Crippen LogP contribution in [0.1, 0.15) is 23.8 Å². The van der Waals surface area contributed by atoms with Crippen LogP contribution >= 0.6 is 0 Å². The van der Waals surface area contributed by atoms with E-state index in [1.165, 1.54) is 10.8 Å². The van der Waals surface area contributed by atoms with Crippen LogP contribution in [0.4, 0.5) is 0 Å². The molecule has 9 nitrogen and oxygen atoms in total. The third kappa shape index (κ3) is 3.41. The zero-order valence-electron chi connectivity index (χ0n) is 14.2. The summed E-state index contributed by atoms with van der Waals surface area (Å²) in [5, 5.41) is 13.0. The average molecular weight is 357 g/mol. The van der Waals surface area contributed by atoms with Gasteiger partial charge in [-0.05, 0) is 18.0 Å². The molecule has 0 spiro atoms. The fraction of sp³-hybridized carbons (Fsp3) is 0.412. The molecule has 2 aromatic rings. The molecular weight excluding hydrogens is 338 g/mol. The number of hydrogen-bond acceptors (Lipinski definition) is 5. The number of nitrogens with zero attached hydrogens (tertiary/aromatic N) is 5. The van der Waals surface area contributed by atoms with Gasteiger partial charge in [0.15, 0.2) is 0 Å². The minimum atomic E-state index is -0.712. The topological polar surface area (TPSA) is 122 Å². The molecule has 0 unspecified atom stereocenters. The molecule has 1 aromatic carbocycles. The molecule has 3 rings (SSSR count). The molecule has 2 heterocycles. The molecule has 9 heteroatoms. The van der Waals surface area contributed by atoms with Crippen LogP contribution in [0.2, 0.25) is 0 Å². The smallest absolute Gasteiger partial charge is 0.333 e. The summed E-state index contributed by atoms with van der Waals surface area (Å²) in [6.07, 6.45) is 0.302. The van der Waals surface area contributed by atoms with Crippen molar-refractivity contribution in [1.82, 2.24) is 9.13 Å². The predicted molar refractivity (Wildman–Crippen MR) is 93.8 cm³/mol. The Bertz CT molecular complexity index is 946. The van der Waals surface area contributed by atoms with Gasteiger partial charge in [-0.3, -0.25) is 13.9 Å². The standard InChI is InChI=1S/C17H19N5O4/c1-11-8-21(15-7-13(19-20-18)14(10-23)26-15)17(25)22(16(11)24)9-12-5-3-2-4-6-12/h2-6,8,13-15,23H,7,9-10H2,1H3/t13-,14+,15+/m0/s1. The monoisotopic (exact) mass is 357 g/mol. The molecule has 0 amide bonds. The molecule has 0 bridgehead atoms. The van der Waals surface area contributed by atoms with Gasteiger partial charge in [-0.15, -0.1) is 0 Å². The third-order valence-electron chi connectivity index (χ3n) is 4.44. The Morgan fingerprint density at radius 3 is 2.73 bits per heavy atom. The number of aliphatic hydroxyl groups excluding tert-OH is 1. The average Bonchev–Trinajstić information content (AvgIpc) is 3.06. The van der Waals surface area contributed by atoms with E-state index in [0.717, 1.165) is 10.1 Å². The van der Waals surface area contributed by atoms with Gasteiger partial charge in [-0.25, -0.2) is 4.79 Å². The molecule has 3 atom stereocenters. The van der Waals surface area contributed by atoms with Crippen molar-refractivity contribution in [2.45, 2.75) is 38.3 Å². The number of azide groups is 1. The lowest BCUT2D eigenvalue weighted by Gasteiger charge is -2.17. The van der Waals surface area contributed by atoms with Crippen molar-refractivity contribution < 1.29 is 9.84 Å². The van der Waals surface area contributed by atoms with Crippen molar-refractivity contribution in [2.24, 2.45) is 5.11 Å². The van der Waals surface area contributed by atoms with E-state index in [1.54, 1.807) is 6.92 Å². The minimum Gasteiger partial charge on any atom is -0.394 e. The van der Waals surface area contributed by atoms with Gasteiger partial charge in [0.05, 0.1) is 25.3 Å². The number of aromatic nitrogens is 2. The highest BCUT2D eigenvalue weighted by atomic mass is 16.5. The van der Waals surface area contributed by atoms with Crippen molar-refractivity contribution in [3.63, 3.8) is 0 Å². The van der Waals surface area contributed by atoms with E-state index in [4.69, 9.17) is 10.3 Å². The molecular formula is C17H19N5O4. The Morgan fingerprint density at radius 1 is 1.35 bits per heavy atom. The molecule has 1 N–H and O–H groups in total. The van der Waals surface area contributed by atoms with Crippen LogP contribution in [0.5, 0.6) is 0 Å². The highest BCUT2D eigenvalue weighted by Gasteiger charge is 2.36. The molecule has 0 saturated carbocycles. The minimum absolute atomic E-state index is 0.149. The molecule has 1 aliphatic rings. The number of hydrogen-bond donors (Lipinski definition) is 1. The van der Waals surface area contributed by atoms with Crippen molar-refractivity contribution in [3.05, 3.63) is 78.9 Å². The van der Waals surface area contributed by atoms with Crippen LogP contribution in [0.3, 0.4) is 0 Å². The fourth-order valence-corrected chi connectivity index (χ4v) is 3.11. The summed E-state index contributed by atoms with van der Waals surface area (Å²) in [4.78, 5) is 28.1. The van der Waals surface area contributed by atoms with E-state index in [1.807, 2.05) is 30.3 Å². The lowest BCUT2D eigenvalue weighted by Crippen LogP contribution is -2.42. The third-order valence-corrected chi connectivity index (χ3v) is 4.44. The zero-order valence-corrected chi connectivity index (χ0v) is 14.2. The summed E-state index contributed by atoms with van der Waals surface area (Å²) in [6.45, 7) is 1.46. The van der Waals surface area contributed by atoms with Crippen LogP contribution in [-0.4, -0.2) is 33.0 Å². The molecule has 1 saturated heterocycles. The van der Waals surface area contributed by atoms with E-state index in [9.17, 15) is 14.7 Å². The van der Waals surface area contributed by atoms with Gasteiger partial charge in [-0.1, -0.05) is 35.4 Å². The maximum atomic E-state index is 12.9. The second kappa shape index (κ2) is 7.57. The number of ether oxygens (including phenoxy) is 1. The molecule has 136 valence electrons. The largest absolute Gasteiger partial charge is 0.394 e. The van der Waals surface area contributed by atoms with Gasteiger partial charge in [0.2, 0.25) is 0 Å². The highest BCUT2D eigenvalue weighted by Crippen LogP contribution is 2.29. The summed E-state index contributed by atoms with van der Waals surface area (Å²) < 4.78 is 8.16. The Morgan fingerprint density at radius 2 is 2.08 bits per heavy atom. The molecule has 26 heavy (non-hydrogen) atoms. The van der Waals surface area contributed by atoms with Gasteiger partial charge in [0.1, 0.15) is 6.23 Å². The molecule has 1 aromatic heterocycles. The normalized spacial score (nSPS) is 22.2. The Hall–Kier alpha value is -2.87. The van der Waals surface area contributed by atoms with E-state index >= 15 is 0 Å². The van der Waals surface area contributed by atoms with Crippen molar-refractivity contribution in [2.75, 3.05) is 6.61 Å². The van der Waals surface area contributed by atoms with E-state index < -0.39 is 24.1 Å². The van der Waals surface area contributed by atoms with Crippen LogP contribution in [-0.2, 0) is 11.3 Å². The van der Waals surface area contributed by atoms with Crippen molar-refractivity contribution >= 4 is 0 Å². The van der Waals surface area contributed by atoms with Crippen LogP contribution in [0, 0.1) is 6.92 Å². The lowest BCUT2D eigenvalue weighted by molar-refractivity contribution is -0.0277. The number of aryl methyl sites for hydroxylation is 1. The lowest BCUT2D eigenvalue weighted by atomic mass is 10.1. The molecule has 0 aliphatic carbocycles. The van der Waals surface area contributed by atoms with Gasteiger partial charge in [0, 0.05) is 23.1 Å². The van der Waals surface area contributed by atoms with Gasteiger partial charge >= 0.3 is 5.69 Å². The fourth-order valence-electron chi connectivity index (χ4n) is 3.11. The predicted octanol–water partition coefficient (Wildman–Crippen LogP) is 1.33. The summed E-state index contributed by atoms with van der Waals surface area (Å²) in [5.41, 5.74) is 9.01. The van der Waals surface area contributed by atoms with Crippen molar-refractivity contribution in [1.29, 1.82) is 0 Å². The molecule has 1 aliphatic heterocycles. The Labute approximate surface area is 148 Å². The van der Waals surface area contributed by atoms with Crippen LogP contribution < -0.4 is 11.2 Å². The number of aliphatic hydroxyl groups is 1. The van der Waals surface area contributed by atoms with Crippen LogP contribution in [0.15, 0.2) is 51.2 Å². The maximum Gasteiger partial charge on any atom is 0.333 e. The van der Waals surface area contributed by atoms with Crippen molar-refractivity contribution in [3.8, 4) is 0 Å². The second-order valence-corrected chi connectivity index (χ2v) is 6.20. The highest BCUT2D eigenvalue weighted by molar-refractivity contribution is 5.16. The first-order valence-corrected chi connectivity index (χ1v) is 8.22. The quantitative estimate of drug-likeness (QED) is 0.492. The first-order chi connectivity index (χ1) is 12.5. The SMILES string of the molecule is Cc1cn([C@H]2C[C@H](N=[N+]=[N-])[C@@H](CO)O2)c(=O)n(Cc2ccccc2)c1=O. The van der Waals surface area contributed by atoms with Gasteiger partial charge in [-0.2, -0.15) is 0 Å². The molecule has 0 radical (unpaired) electrons. The Kier molecular flexibility index (Phi) is 5.22. The van der Waals surface area contributed by atoms with E-state index in [2.05, 4.69) is 10.0 Å². The second-order valence-electron chi connectivity index (χ2n) is 6.20. The summed E-state index contributed by atoms with van der Waals surface area (Å²) in [7, 11) is 0. The van der Waals surface area contributed by atoms with Crippen LogP contribution in [0.25, 0.3) is 10.4 Å². The Balaban J connectivity index is 2.00. The van der Waals surface area contributed by atoms with Gasteiger partial charge < -0.3 is 9.84 Å². The van der Waals surface area contributed by atoms with E-state index in [0.29, 0.717) is 5.56 Å². The summed E-state index contributed by atoms with van der Waals surface area (Å²) in [5.74, 6) is 0. The number of benzene rings is 1. The first kappa shape index (κ1) is 17.9. The zero-order chi connectivity index (χ0) is 18.7. The van der Waals surface area contributed by atoms with E-state index in [-0.39, 0.29) is 25.1 Å². The first-order valence-electron chi connectivity index (χ1n) is 8.22. The maximum absolute atomic E-state index is 12.9. The number of rotatable bonds is 5.